The highest BCUT2D eigenvalue weighted by Gasteiger charge is 2.45. The quantitative estimate of drug-likeness (QED) is 0.463. The first-order valence-corrected chi connectivity index (χ1v) is 9.79. The fourth-order valence-corrected chi connectivity index (χ4v) is 3.40. The summed E-state index contributed by atoms with van der Waals surface area (Å²) in [6.45, 7) is 1.38. The zero-order valence-electron chi connectivity index (χ0n) is 15.8. The molecule has 5 nitrogen and oxygen atoms in total. The van der Waals surface area contributed by atoms with E-state index in [1.165, 1.54) is 41.6 Å². The summed E-state index contributed by atoms with van der Waals surface area (Å²) in [5, 5.41) is 14.7. The summed E-state index contributed by atoms with van der Waals surface area (Å²) in [5.41, 5.74) is -3.46. The Morgan fingerprint density at radius 1 is 1.10 bits per heavy atom. The van der Waals surface area contributed by atoms with Crippen molar-refractivity contribution >= 4 is 23.2 Å². The van der Waals surface area contributed by atoms with Crippen molar-refractivity contribution in [3.8, 4) is 11.5 Å². The van der Waals surface area contributed by atoms with Crippen LogP contribution in [0.15, 0.2) is 55.1 Å². The molecule has 0 saturated heterocycles. The predicted molar refractivity (Wildman–Crippen MR) is 107 cm³/mol. The number of hydrogen-bond acceptors (Lipinski definition) is 4. The molecule has 1 N–H and O–H groups in total. The third kappa shape index (κ3) is 4.88. The van der Waals surface area contributed by atoms with E-state index in [-0.39, 0.29) is 24.3 Å². The monoisotopic (exact) mass is 459 g/mol. The van der Waals surface area contributed by atoms with Crippen LogP contribution in [-0.2, 0) is 18.3 Å². The molecule has 0 aliphatic carbocycles. The van der Waals surface area contributed by atoms with Gasteiger partial charge in [0.05, 0.1) is 17.5 Å². The van der Waals surface area contributed by atoms with Gasteiger partial charge in [0.15, 0.2) is 0 Å². The van der Waals surface area contributed by atoms with Crippen LogP contribution in [0.3, 0.4) is 0 Å². The number of aliphatic hydroxyl groups is 1. The van der Waals surface area contributed by atoms with E-state index in [2.05, 4.69) is 10.1 Å². The number of alkyl halides is 4. The van der Waals surface area contributed by atoms with E-state index in [4.69, 9.17) is 27.9 Å². The third-order valence-electron chi connectivity index (χ3n) is 4.56. The first-order chi connectivity index (χ1) is 14.1. The summed E-state index contributed by atoms with van der Waals surface area (Å²) >= 11 is 12.1. The average Bonchev–Trinajstić information content (AvgIpc) is 3.21. The minimum Gasteiger partial charge on any atom is -0.457 e. The predicted octanol–water partition coefficient (Wildman–Crippen LogP) is 5.65. The molecule has 0 aliphatic heterocycles. The minimum atomic E-state index is -4.75. The number of rotatable bonds is 7. The molecule has 0 amide bonds. The molecule has 2 atom stereocenters. The highest BCUT2D eigenvalue weighted by atomic mass is 35.5. The molecule has 1 heterocycles. The molecule has 0 saturated carbocycles. The second kappa shape index (κ2) is 8.83. The molecule has 1 aromatic heterocycles. The standard InChI is InChI=1S/C20H18Cl2F3N3O2/c1-2-18(22)19(29,10-28-12-26-11-27-28)16-8-7-15(9-17(16)20(23,24)25)30-14-5-3-13(21)4-6-14/h3-9,11-12,18,29H,2,10H2,1H3. The second-order valence-electron chi connectivity index (χ2n) is 6.65. The Hall–Kier alpha value is -2.29. The topological polar surface area (TPSA) is 60.2 Å². The van der Waals surface area contributed by atoms with Gasteiger partial charge in [-0.25, -0.2) is 9.67 Å². The lowest BCUT2D eigenvalue weighted by molar-refractivity contribution is -0.141. The maximum absolute atomic E-state index is 13.9. The van der Waals surface area contributed by atoms with E-state index in [0.717, 1.165) is 6.07 Å². The summed E-state index contributed by atoms with van der Waals surface area (Å²) in [6.07, 6.45) is -2.00. The number of hydrogen-bond donors (Lipinski definition) is 1. The Morgan fingerprint density at radius 2 is 1.77 bits per heavy atom. The molecule has 30 heavy (non-hydrogen) atoms. The Balaban J connectivity index is 2.06. The Labute approximate surface area is 181 Å². The summed E-state index contributed by atoms with van der Waals surface area (Å²) in [4.78, 5) is 3.77. The summed E-state index contributed by atoms with van der Waals surface area (Å²) in [7, 11) is 0. The van der Waals surface area contributed by atoms with Crippen molar-refractivity contribution in [1.29, 1.82) is 0 Å². The molecule has 2 aromatic carbocycles. The number of halogens is 5. The zero-order valence-corrected chi connectivity index (χ0v) is 17.3. The van der Waals surface area contributed by atoms with Gasteiger partial charge in [-0.3, -0.25) is 0 Å². The van der Waals surface area contributed by atoms with Crippen LogP contribution in [0.2, 0.25) is 5.02 Å². The van der Waals surface area contributed by atoms with Crippen LogP contribution < -0.4 is 4.74 Å². The first kappa shape index (κ1) is 22.4. The molecule has 0 aliphatic rings. The van der Waals surface area contributed by atoms with Crippen molar-refractivity contribution in [2.75, 3.05) is 0 Å². The smallest absolute Gasteiger partial charge is 0.416 e. The van der Waals surface area contributed by atoms with Crippen LogP contribution in [0.25, 0.3) is 0 Å². The van der Waals surface area contributed by atoms with E-state index in [1.54, 1.807) is 19.1 Å². The van der Waals surface area contributed by atoms with Crippen LogP contribution in [0.1, 0.15) is 24.5 Å². The van der Waals surface area contributed by atoms with Crippen molar-refractivity contribution in [3.63, 3.8) is 0 Å². The number of aromatic nitrogens is 3. The molecule has 10 heteroatoms. The van der Waals surface area contributed by atoms with Gasteiger partial charge in [-0.1, -0.05) is 24.6 Å². The molecule has 0 spiro atoms. The van der Waals surface area contributed by atoms with Gasteiger partial charge in [0.1, 0.15) is 29.8 Å². The van der Waals surface area contributed by atoms with Gasteiger partial charge in [0, 0.05) is 5.02 Å². The molecule has 0 fully saturated rings. The van der Waals surface area contributed by atoms with E-state index in [9.17, 15) is 18.3 Å². The Morgan fingerprint density at radius 3 is 2.33 bits per heavy atom. The fraction of sp³-hybridized carbons (Fsp3) is 0.300. The van der Waals surface area contributed by atoms with Crippen molar-refractivity contribution < 1.29 is 23.0 Å². The van der Waals surface area contributed by atoms with Gasteiger partial charge in [0.2, 0.25) is 0 Å². The molecule has 3 aromatic rings. The number of nitrogens with zero attached hydrogens (tertiary/aromatic N) is 3. The van der Waals surface area contributed by atoms with Gasteiger partial charge in [-0.05, 0) is 48.4 Å². The van der Waals surface area contributed by atoms with Crippen molar-refractivity contribution in [3.05, 3.63) is 71.3 Å². The van der Waals surface area contributed by atoms with Crippen LogP contribution in [-0.4, -0.2) is 25.2 Å². The molecule has 3 rings (SSSR count). The lowest BCUT2D eigenvalue weighted by Crippen LogP contribution is -2.42. The Kier molecular flexibility index (Phi) is 6.59. The molecule has 0 bridgehead atoms. The van der Waals surface area contributed by atoms with Gasteiger partial charge >= 0.3 is 6.18 Å². The van der Waals surface area contributed by atoms with E-state index in [0.29, 0.717) is 10.8 Å². The highest BCUT2D eigenvalue weighted by Crippen LogP contribution is 2.43. The van der Waals surface area contributed by atoms with Gasteiger partial charge in [0.25, 0.3) is 0 Å². The molecule has 2 unspecified atom stereocenters. The molecule has 0 radical (unpaired) electrons. The van der Waals surface area contributed by atoms with Crippen molar-refractivity contribution in [1.82, 2.24) is 14.8 Å². The van der Waals surface area contributed by atoms with Crippen LogP contribution in [0.5, 0.6) is 11.5 Å². The first-order valence-electron chi connectivity index (χ1n) is 8.97. The van der Waals surface area contributed by atoms with Gasteiger partial charge < -0.3 is 9.84 Å². The molecular weight excluding hydrogens is 442 g/mol. The average molecular weight is 460 g/mol. The lowest BCUT2D eigenvalue weighted by atomic mass is 9.85. The number of ether oxygens (including phenoxy) is 1. The summed E-state index contributed by atoms with van der Waals surface area (Å²) < 4.78 is 48.6. The maximum Gasteiger partial charge on any atom is 0.416 e. The molecular formula is C20H18Cl2F3N3O2. The lowest BCUT2D eigenvalue weighted by Gasteiger charge is -2.34. The number of benzene rings is 2. The van der Waals surface area contributed by atoms with Crippen molar-refractivity contribution in [2.45, 2.75) is 37.0 Å². The highest BCUT2D eigenvalue weighted by molar-refractivity contribution is 6.30. The van der Waals surface area contributed by atoms with Crippen molar-refractivity contribution in [2.24, 2.45) is 0 Å². The SMILES string of the molecule is CCC(Cl)C(O)(Cn1cncn1)c1ccc(Oc2ccc(Cl)cc2)cc1C(F)(F)F. The van der Waals surface area contributed by atoms with E-state index < -0.39 is 22.7 Å². The summed E-state index contributed by atoms with van der Waals surface area (Å²) in [5.74, 6) is 0.279. The van der Waals surface area contributed by atoms with E-state index in [1.807, 2.05) is 0 Å². The fourth-order valence-electron chi connectivity index (χ4n) is 3.09. The maximum atomic E-state index is 13.9. The van der Waals surface area contributed by atoms with Crippen LogP contribution in [0, 0.1) is 0 Å². The third-order valence-corrected chi connectivity index (χ3v) is 5.48. The van der Waals surface area contributed by atoms with Crippen LogP contribution >= 0.6 is 23.2 Å². The van der Waals surface area contributed by atoms with Crippen LogP contribution in [0.4, 0.5) is 13.2 Å². The van der Waals surface area contributed by atoms with Gasteiger partial charge in [-0.2, -0.15) is 18.3 Å². The Bertz CT molecular complexity index is 982. The summed E-state index contributed by atoms with van der Waals surface area (Å²) in [6, 6.07) is 9.57. The second-order valence-corrected chi connectivity index (χ2v) is 7.62. The van der Waals surface area contributed by atoms with E-state index >= 15 is 0 Å². The minimum absolute atomic E-state index is 0.0425. The largest absolute Gasteiger partial charge is 0.457 e. The molecule has 160 valence electrons. The van der Waals surface area contributed by atoms with Gasteiger partial charge in [-0.15, -0.1) is 11.6 Å². The zero-order chi connectivity index (χ0) is 21.9. The normalized spacial score (nSPS) is 14.9.